The van der Waals surface area contributed by atoms with Gasteiger partial charge in [-0.2, -0.15) is 0 Å². The molecule has 8 nitrogen and oxygen atoms in total. The van der Waals surface area contributed by atoms with Crippen molar-refractivity contribution in [3.05, 3.63) is 60.3 Å². The van der Waals surface area contributed by atoms with Gasteiger partial charge in [0.25, 0.3) is 5.91 Å². The molecule has 9 heteroatoms. The predicted molar refractivity (Wildman–Crippen MR) is 114 cm³/mol. The molecule has 1 saturated carbocycles. The van der Waals surface area contributed by atoms with Crippen LogP contribution in [0.5, 0.6) is 5.75 Å². The normalized spacial score (nSPS) is 17.5. The Kier molecular flexibility index (Phi) is 7.17. The summed E-state index contributed by atoms with van der Waals surface area (Å²) in [5.74, 6) is -0.00782. The lowest BCUT2D eigenvalue weighted by atomic mass is 10.1. The summed E-state index contributed by atoms with van der Waals surface area (Å²) in [6.45, 7) is 4.65. The van der Waals surface area contributed by atoms with Crippen LogP contribution < -0.4 is 16.2 Å². The average molecular weight is 427 g/mol. The van der Waals surface area contributed by atoms with Crippen LogP contribution in [-0.2, 0) is 4.79 Å². The Morgan fingerprint density at radius 2 is 2.10 bits per heavy atom. The molecule has 0 bridgehead atoms. The van der Waals surface area contributed by atoms with Crippen LogP contribution in [0.3, 0.4) is 0 Å². The van der Waals surface area contributed by atoms with E-state index in [-0.39, 0.29) is 17.5 Å². The van der Waals surface area contributed by atoms with Crippen LogP contribution >= 0.6 is 0 Å². The lowest BCUT2D eigenvalue weighted by Crippen LogP contribution is -2.38. The third kappa shape index (κ3) is 5.78. The van der Waals surface area contributed by atoms with E-state index in [0.717, 1.165) is 37.8 Å². The zero-order valence-corrected chi connectivity index (χ0v) is 17.2. The van der Waals surface area contributed by atoms with Gasteiger partial charge in [0.05, 0.1) is 17.8 Å². The first-order valence-electron chi connectivity index (χ1n) is 10.1. The lowest BCUT2D eigenvalue weighted by molar-refractivity contribution is -0.127. The first-order chi connectivity index (χ1) is 14.9. The summed E-state index contributed by atoms with van der Waals surface area (Å²) in [6.07, 6.45) is 8.37. The molecular weight excluding hydrogens is 401 g/mol. The number of nitrogens with two attached hydrogens (primary N) is 2. The number of hydrogen-bond donors (Lipinski definition) is 2. The van der Waals surface area contributed by atoms with Crippen LogP contribution in [0.4, 0.5) is 10.2 Å². The second-order valence-corrected chi connectivity index (χ2v) is 7.49. The number of primary amides is 1. The molecule has 31 heavy (non-hydrogen) atoms. The second-order valence-electron chi connectivity index (χ2n) is 7.49. The quantitative estimate of drug-likeness (QED) is 0.682. The first kappa shape index (κ1) is 22.2. The van der Waals surface area contributed by atoms with Gasteiger partial charge >= 0.3 is 0 Å². The third-order valence-electron chi connectivity index (χ3n) is 5.28. The number of likely N-dealkylation sites (tertiary alicyclic amines) is 1. The van der Waals surface area contributed by atoms with E-state index in [1.54, 1.807) is 11.0 Å². The number of ether oxygens (including phenoxy) is 1. The van der Waals surface area contributed by atoms with Crippen molar-refractivity contribution in [3.8, 4) is 5.75 Å². The minimum Gasteiger partial charge on any atom is -0.486 e. The fourth-order valence-corrected chi connectivity index (χ4v) is 3.44. The first-order valence-corrected chi connectivity index (χ1v) is 10.1. The number of amides is 2. The van der Waals surface area contributed by atoms with Crippen LogP contribution in [0.2, 0.25) is 0 Å². The predicted octanol–water partition coefficient (Wildman–Crippen LogP) is 2.42. The third-order valence-corrected chi connectivity index (χ3v) is 5.28. The summed E-state index contributed by atoms with van der Waals surface area (Å²) in [6, 6.07) is 4.72. The van der Waals surface area contributed by atoms with E-state index in [2.05, 4.69) is 16.5 Å². The Morgan fingerprint density at radius 3 is 2.71 bits per heavy atom. The van der Waals surface area contributed by atoms with Gasteiger partial charge < -0.3 is 21.1 Å². The number of benzene rings is 1. The van der Waals surface area contributed by atoms with E-state index in [0.29, 0.717) is 24.1 Å². The standard InChI is InChI=1S/C12H16N4O2.C10H10FNO/c1-2-11(17)16-5-3-4-9(16)7-18-10-6-14-8-15-12(10)13;11-9-5-7(6-1-2-6)3-4-8(9)10(12)13/h2,6,8-9H,1,3-5,7H2,(H2,13,14,15);3-6H,1-2H2,(H2,12,13). The van der Waals surface area contributed by atoms with Gasteiger partial charge in [-0.25, -0.2) is 14.4 Å². The number of rotatable bonds is 6. The van der Waals surface area contributed by atoms with Crippen molar-refractivity contribution in [2.45, 2.75) is 37.6 Å². The van der Waals surface area contributed by atoms with Crippen molar-refractivity contribution in [2.24, 2.45) is 5.73 Å². The maximum atomic E-state index is 13.2. The molecule has 1 aliphatic heterocycles. The van der Waals surface area contributed by atoms with Gasteiger partial charge in [0.1, 0.15) is 18.8 Å². The molecule has 0 radical (unpaired) electrons. The molecule has 1 aromatic carbocycles. The van der Waals surface area contributed by atoms with Gasteiger partial charge in [-0.15, -0.1) is 0 Å². The molecule has 1 atom stereocenters. The summed E-state index contributed by atoms with van der Waals surface area (Å²) >= 11 is 0. The zero-order valence-electron chi connectivity index (χ0n) is 17.2. The maximum absolute atomic E-state index is 13.2. The molecule has 4 rings (SSSR count). The van der Waals surface area contributed by atoms with Gasteiger partial charge in [-0.05, 0) is 55.4 Å². The van der Waals surface area contributed by atoms with E-state index in [1.165, 1.54) is 30.7 Å². The van der Waals surface area contributed by atoms with Crippen molar-refractivity contribution in [3.63, 3.8) is 0 Å². The Balaban J connectivity index is 0.000000185. The van der Waals surface area contributed by atoms with Crippen molar-refractivity contribution in [1.29, 1.82) is 0 Å². The molecule has 1 unspecified atom stereocenters. The molecule has 0 spiro atoms. The number of aromatic nitrogens is 2. The minimum atomic E-state index is -0.708. The van der Waals surface area contributed by atoms with Gasteiger partial charge in [-0.3, -0.25) is 9.59 Å². The summed E-state index contributed by atoms with van der Waals surface area (Å²) in [7, 11) is 0. The largest absolute Gasteiger partial charge is 0.486 e. The molecule has 2 aliphatic rings. The SMILES string of the molecule is C=CC(=O)N1CCCC1COc1cncnc1N.NC(=O)c1ccc(C2CC2)cc1F. The maximum Gasteiger partial charge on any atom is 0.251 e. The number of halogens is 1. The Morgan fingerprint density at radius 1 is 1.32 bits per heavy atom. The van der Waals surface area contributed by atoms with Crippen molar-refractivity contribution >= 4 is 17.6 Å². The molecule has 1 aromatic heterocycles. The second kappa shape index (κ2) is 10.0. The Hall–Kier alpha value is -3.49. The highest BCUT2D eigenvalue weighted by Crippen LogP contribution is 2.40. The Labute approximate surface area is 180 Å². The number of nitrogens with zero attached hydrogens (tertiary/aromatic N) is 3. The smallest absolute Gasteiger partial charge is 0.251 e. The van der Waals surface area contributed by atoms with Crippen LogP contribution in [0.15, 0.2) is 43.4 Å². The summed E-state index contributed by atoms with van der Waals surface area (Å²) in [4.78, 5) is 31.8. The fourth-order valence-electron chi connectivity index (χ4n) is 3.44. The highest BCUT2D eigenvalue weighted by molar-refractivity contribution is 5.93. The monoisotopic (exact) mass is 427 g/mol. The average Bonchev–Trinajstić information content (AvgIpc) is 3.51. The number of nitrogen functional groups attached to an aromatic ring is 1. The van der Waals surface area contributed by atoms with E-state index < -0.39 is 11.7 Å². The van der Waals surface area contributed by atoms with Crippen LogP contribution in [0.25, 0.3) is 0 Å². The number of hydrogen-bond acceptors (Lipinski definition) is 6. The molecular formula is C22H26FN5O3. The molecule has 2 aromatic rings. The van der Waals surface area contributed by atoms with Gasteiger partial charge in [0, 0.05) is 6.54 Å². The zero-order chi connectivity index (χ0) is 22.4. The molecule has 2 heterocycles. The van der Waals surface area contributed by atoms with Crippen LogP contribution in [0, 0.1) is 5.82 Å². The molecule has 1 aliphatic carbocycles. The van der Waals surface area contributed by atoms with Crippen molar-refractivity contribution in [2.75, 3.05) is 18.9 Å². The van der Waals surface area contributed by atoms with E-state index >= 15 is 0 Å². The molecule has 2 fully saturated rings. The molecule has 2 amide bonds. The Bertz CT molecular complexity index is 964. The highest BCUT2D eigenvalue weighted by Gasteiger charge is 2.28. The topological polar surface area (TPSA) is 124 Å². The van der Waals surface area contributed by atoms with Crippen LogP contribution in [0.1, 0.15) is 47.5 Å². The van der Waals surface area contributed by atoms with Gasteiger partial charge in [0.2, 0.25) is 5.91 Å². The van der Waals surface area contributed by atoms with E-state index in [9.17, 15) is 14.0 Å². The minimum absolute atomic E-state index is 0.0237. The van der Waals surface area contributed by atoms with Crippen molar-refractivity contribution in [1.82, 2.24) is 14.9 Å². The highest BCUT2D eigenvalue weighted by atomic mass is 19.1. The number of anilines is 1. The van der Waals surface area contributed by atoms with E-state index in [4.69, 9.17) is 16.2 Å². The molecule has 1 saturated heterocycles. The van der Waals surface area contributed by atoms with Crippen LogP contribution in [-0.4, -0.2) is 45.9 Å². The fraction of sp³-hybridized carbons (Fsp3) is 0.364. The summed E-state index contributed by atoms with van der Waals surface area (Å²) in [5, 5.41) is 0. The molecule has 4 N–H and O–H groups in total. The van der Waals surface area contributed by atoms with Crippen molar-refractivity contribution < 1.29 is 18.7 Å². The number of carbonyl (C=O) groups is 2. The van der Waals surface area contributed by atoms with Gasteiger partial charge in [0.15, 0.2) is 11.6 Å². The van der Waals surface area contributed by atoms with Gasteiger partial charge in [-0.1, -0.05) is 12.6 Å². The summed E-state index contributed by atoms with van der Waals surface area (Å²) in [5.41, 5.74) is 11.6. The molecule has 164 valence electrons. The number of carbonyl (C=O) groups excluding carboxylic acids is 2. The lowest BCUT2D eigenvalue weighted by Gasteiger charge is -2.23. The summed E-state index contributed by atoms with van der Waals surface area (Å²) < 4.78 is 18.8. The van der Waals surface area contributed by atoms with E-state index in [1.807, 2.05) is 0 Å².